The van der Waals surface area contributed by atoms with Crippen LogP contribution in [0.15, 0.2) is 0 Å². The average Bonchev–Trinajstić information content (AvgIpc) is 2.53. The van der Waals surface area contributed by atoms with Gasteiger partial charge in [-0.2, -0.15) is 0 Å². The maximum absolute atomic E-state index is 6.01. The first-order chi connectivity index (χ1) is 6.76. The standard InChI is InChI=1S/C11H24N2O/c1-3-4-11(12)8-13-6-5-10(7-13)9-14-2/h10-11H,3-9,12H2,1-2H3. The third-order valence-corrected chi connectivity index (χ3v) is 2.92. The Hall–Kier alpha value is -0.120. The summed E-state index contributed by atoms with van der Waals surface area (Å²) in [7, 11) is 1.78. The molecule has 0 aromatic heterocycles. The van der Waals surface area contributed by atoms with E-state index in [4.69, 9.17) is 10.5 Å². The molecule has 14 heavy (non-hydrogen) atoms. The van der Waals surface area contributed by atoms with Crippen LogP contribution in [0.3, 0.4) is 0 Å². The maximum atomic E-state index is 6.01. The van der Waals surface area contributed by atoms with Gasteiger partial charge in [0, 0.05) is 26.2 Å². The minimum atomic E-state index is 0.362. The fourth-order valence-electron chi connectivity index (χ4n) is 2.24. The van der Waals surface area contributed by atoms with Gasteiger partial charge in [-0.25, -0.2) is 0 Å². The summed E-state index contributed by atoms with van der Waals surface area (Å²) in [4.78, 5) is 2.48. The molecular weight excluding hydrogens is 176 g/mol. The largest absolute Gasteiger partial charge is 0.384 e. The van der Waals surface area contributed by atoms with Gasteiger partial charge in [-0.3, -0.25) is 0 Å². The van der Waals surface area contributed by atoms with E-state index < -0.39 is 0 Å². The summed E-state index contributed by atoms with van der Waals surface area (Å²) in [5.74, 6) is 0.730. The van der Waals surface area contributed by atoms with E-state index in [1.807, 2.05) is 0 Å². The molecule has 0 radical (unpaired) electrons. The monoisotopic (exact) mass is 200 g/mol. The predicted octanol–water partition coefficient (Wildman–Crippen LogP) is 1.08. The molecule has 0 amide bonds. The summed E-state index contributed by atoms with van der Waals surface area (Å²) in [6.45, 7) is 6.53. The third-order valence-electron chi connectivity index (χ3n) is 2.92. The van der Waals surface area contributed by atoms with Gasteiger partial charge in [0.2, 0.25) is 0 Å². The molecule has 0 aromatic rings. The lowest BCUT2D eigenvalue weighted by Crippen LogP contribution is -2.36. The first-order valence-corrected chi connectivity index (χ1v) is 5.73. The molecule has 0 spiro atoms. The van der Waals surface area contributed by atoms with Gasteiger partial charge >= 0.3 is 0 Å². The molecule has 0 aliphatic carbocycles. The molecule has 1 heterocycles. The van der Waals surface area contributed by atoms with Crippen molar-refractivity contribution in [2.45, 2.75) is 32.2 Å². The zero-order valence-corrected chi connectivity index (χ0v) is 9.54. The molecule has 0 aromatic carbocycles. The molecule has 1 saturated heterocycles. The van der Waals surface area contributed by atoms with Crippen molar-refractivity contribution in [1.82, 2.24) is 4.90 Å². The molecule has 0 bridgehead atoms. The van der Waals surface area contributed by atoms with Gasteiger partial charge < -0.3 is 15.4 Å². The van der Waals surface area contributed by atoms with Crippen LogP contribution in [0.1, 0.15) is 26.2 Å². The Morgan fingerprint density at radius 1 is 1.57 bits per heavy atom. The van der Waals surface area contributed by atoms with Crippen LogP contribution in [0.25, 0.3) is 0 Å². The summed E-state index contributed by atoms with van der Waals surface area (Å²) < 4.78 is 5.17. The minimum absolute atomic E-state index is 0.362. The highest BCUT2D eigenvalue weighted by Crippen LogP contribution is 2.16. The Morgan fingerprint density at radius 3 is 3.00 bits per heavy atom. The fraction of sp³-hybridized carbons (Fsp3) is 1.00. The van der Waals surface area contributed by atoms with Gasteiger partial charge in [0.15, 0.2) is 0 Å². The van der Waals surface area contributed by atoms with E-state index in [2.05, 4.69) is 11.8 Å². The summed E-state index contributed by atoms with van der Waals surface area (Å²) in [5, 5.41) is 0. The van der Waals surface area contributed by atoms with Crippen LogP contribution in [0.5, 0.6) is 0 Å². The summed E-state index contributed by atoms with van der Waals surface area (Å²) in [5.41, 5.74) is 6.01. The summed E-state index contributed by atoms with van der Waals surface area (Å²) in [6.07, 6.45) is 3.61. The molecule has 2 N–H and O–H groups in total. The highest BCUT2D eigenvalue weighted by Gasteiger charge is 2.23. The number of methoxy groups -OCH3 is 1. The number of nitrogens with two attached hydrogens (primary N) is 1. The Bertz CT molecular complexity index is 152. The second-order valence-corrected chi connectivity index (χ2v) is 4.42. The van der Waals surface area contributed by atoms with Crippen LogP contribution < -0.4 is 5.73 Å². The molecule has 2 unspecified atom stereocenters. The van der Waals surface area contributed by atoms with Crippen LogP contribution in [0, 0.1) is 5.92 Å². The molecular formula is C11H24N2O. The Labute approximate surface area is 87.6 Å². The van der Waals surface area contributed by atoms with Crippen molar-refractivity contribution < 1.29 is 4.74 Å². The molecule has 1 aliphatic heterocycles. The van der Waals surface area contributed by atoms with Crippen molar-refractivity contribution in [3.8, 4) is 0 Å². The van der Waals surface area contributed by atoms with Crippen LogP contribution >= 0.6 is 0 Å². The molecule has 1 rings (SSSR count). The van der Waals surface area contributed by atoms with Crippen molar-refractivity contribution in [2.75, 3.05) is 33.4 Å². The first-order valence-electron chi connectivity index (χ1n) is 5.73. The second-order valence-electron chi connectivity index (χ2n) is 4.42. The van der Waals surface area contributed by atoms with Crippen LogP contribution in [0.2, 0.25) is 0 Å². The Morgan fingerprint density at radius 2 is 2.36 bits per heavy atom. The number of rotatable bonds is 6. The fourth-order valence-corrected chi connectivity index (χ4v) is 2.24. The molecule has 3 nitrogen and oxygen atoms in total. The SMILES string of the molecule is CCCC(N)CN1CCC(COC)C1. The molecule has 84 valence electrons. The van der Waals surface area contributed by atoms with E-state index in [1.54, 1.807) is 7.11 Å². The maximum Gasteiger partial charge on any atom is 0.0503 e. The van der Waals surface area contributed by atoms with E-state index in [9.17, 15) is 0 Å². The second kappa shape index (κ2) is 6.38. The minimum Gasteiger partial charge on any atom is -0.384 e. The zero-order valence-electron chi connectivity index (χ0n) is 9.54. The van der Waals surface area contributed by atoms with E-state index in [0.717, 1.165) is 25.5 Å². The van der Waals surface area contributed by atoms with Gasteiger partial charge in [-0.05, 0) is 25.3 Å². The molecule has 1 aliphatic rings. The van der Waals surface area contributed by atoms with Crippen molar-refractivity contribution in [2.24, 2.45) is 11.7 Å². The van der Waals surface area contributed by atoms with Gasteiger partial charge in [-0.1, -0.05) is 13.3 Å². The predicted molar refractivity (Wildman–Crippen MR) is 59.3 cm³/mol. The number of hydrogen-bond acceptors (Lipinski definition) is 3. The zero-order chi connectivity index (χ0) is 10.4. The number of ether oxygens (including phenoxy) is 1. The van der Waals surface area contributed by atoms with Crippen molar-refractivity contribution in [1.29, 1.82) is 0 Å². The van der Waals surface area contributed by atoms with Crippen molar-refractivity contribution in [3.63, 3.8) is 0 Å². The average molecular weight is 200 g/mol. The van der Waals surface area contributed by atoms with E-state index in [-0.39, 0.29) is 0 Å². The first kappa shape index (κ1) is 12.0. The van der Waals surface area contributed by atoms with Crippen molar-refractivity contribution >= 4 is 0 Å². The van der Waals surface area contributed by atoms with E-state index in [1.165, 1.54) is 25.9 Å². The number of likely N-dealkylation sites (tertiary alicyclic amines) is 1. The van der Waals surface area contributed by atoms with Crippen LogP contribution in [-0.4, -0.2) is 44.3 Å². The molecule has 0 saturated carbocycles. The lowest BCUT2D eigenvalue weighted by atomic mass is 10.1. The molecule has 3 heteroatoms. The number of hydrogen-bond donors (Lipinski definition) is 1. The lowest BCUT2D eigenvalue weighted by molar-refractivity contribution is 0.152. The van der Waals surface area contributed by atoms with E-state index in [0.29, 0.717) is 6.04 Å². The topological polar surface area (TPSA) is 38.5 Å². The van der Waals surface area contributed by atoms with Crippen LogP contribution in [0.4, 0.5) is 0 Å². The third kappa shape index (κ3) is 3.95. The summed E-state index contributed by atoms with van der Waals surface area (Å²) >= 11 is 0. The van der Waals surface area contributed by atoms with Gasteiger partial charge in [0.1, 0.15) is 0 Å². The van der Waals surface area contributed by atoms with E-state index >= 15 is 0 Å². The van der Waals surface area contributed by atoms with Gasteiger partial charge in [0.25, 0.3) is 0 Å². The summed E-state index contributed by atoms with van der Waals surface area (Å²) in [6, 6.07) is 0.362. The number of nitrogens with zero attached hydrogens (tertiary/aromatic N) is 1. The lowest BCUT2D eigenvalue weighted by Gasteiger charge is -2.20. The quantitative estimate of drug-likeness (QED) is 0.697. The van der Waals surface area contributed by atoms with Crippen molar-refractivity contribution in [3.05, 3.63) is 0 Å². The Balaban J connectivity index is 2.15. The smallest absolute Gasteiger partial charge is 0.0503 e. The normalized spacial score (nSPS) is 25.5. The van der Waals surface area contributed by atoms with Gasteiger partial charge in [-0.15, -0.1) is 0 Å². The highest BCUT2D eigenvalue weighted by molar-refractivity contribution is 4.78. The van der Waals surface area contributed by atoms with Gasteiger partial charge in [0.05, 0.1) is 6.61 Å². The molecule has 1 fully saturated rings. The highest BCUT2D eigenvalue weighted by atomic mass is 16.5. The van der Waals surface area contributed by atoms with Crippen LogP contribution in [-0.2, 0) is 4.74 Å². The molecule has 2 atom stereocenters. The Kier molecular flexibility index (Phi) is 5.45.